The number of rotatable bonds is 0. The van der Waals surface area contributed by atoms with E-state index in [0.29, 0.717) is 0 Å². The Bertz CT molecular complexity index is 1850. The lowest BCUT2D eigenvalue weighted by molar-refractivity contribution is 1.81. The smallest absolute Gasteiger partial charge is 0.000719 e. The standard InChI is InChI=1S/C28H14/c1-2-4-19-15(3-1)9-12-20-21-13-10-17-7-5-16-6-8-18-11-14-22(26(19)20)28-25(18)23(16)24(17)27(21)28/h1-14H. The Balaban J connectivity index is 1.89. The first-order chi connectivity index (χ1) is 13.9. The molecule has 0 bridgehead atoms. The van der Waals surface area contributed by atoms with E-state index in [2.05, 4.69) is 84.9 Å². The third-order valence-corrected chi connectivity index (χ3v) is 6.89. The monoisotopic (exact) mass is 350 g/mol. The molecule has 0 aliphatic rings. The first-order valence-electron chi connectivity index (χ1n) is 9.88. The highest BCUT2D eigenvalue weighted by Gasteiger charge is 2.22. The lowest BCUT2D eigenvalue weighted by Crippen LogP contribution is -1.84. The van der Waals surface area contributed by atoms with Gasteiger partial charge < -0.3 is 0 Å². The number of benzene rings is 7. The second-order valence-electron chi connectivity index (χ2n) is 8.11. The highest BCUT2D eigenvalue weighted by molar-refractivity contribution is 6.49. The van der Waals surface area contributed by atoms with Crippen molar-refractivity contribution in [1.82, 2.24) is 0 Å². The van der Waals surface area contributed by atoms with Crippen LogP contribution in [-0.2, 0) is 0 Å². The van der Waals surface area contributed by atoms with Gasteiger partial charge in [0, 0.05) is 0 Å². The summed E-state index contributed by atoms with van der Waals surface area (Å²) in [6, 6.07) is 31.8. The van der Waals surface area contributed by atoms with Gasteiger partial charge >= 0.3 is 0 Å². The SMILES string of the molecule is c1ccc2c(c1)ccc1c3ccc4ccc5ccc6ccc(c21)c1c6c5c4c31. The zero-order valence-electron chi connectivity index (χ0n) is 15.1. The normalized spacial score (nSPS) is 13.0. The molecule has 8 rings (SSSR count). The molecule has 0 aliphatic carbocycles. The van der Waals surface area contributed by atoms with Crippen molar-refractivity contribution in [1.29, 1.82) is 0 Å². The predicted octanol–water partition coefficient (Wildman–Crippen LogP) is 8.07. The van der Waals surface area contributed by atoms with Crippen molar-refractivity contribution in [3.63, 3.8) is 0 Å². The Morgan fingerprint density at radius 2 is 0.714 bits per heavy atom. The average molecular weight is 350 g/mol. The van der Waals surface area contributed by atoms with Crippen LogP contribution >= 0.6 is 0 Å². The minimum absolute atomic E-state index is 1.31. The molecule has 0 amide bonds. The molecule has 28 heavy (non-hydrogen) atoms. The van der Waals surface area contributed by atoms with Gasteiger partial charge in [0.2, 0.25) is 0 Å². The molecule has 8 aromatic rings. The summed E-state index contributed by atoms with van der Waals surface area (Å²) in [7, 11) is 0. The molecule has 0 heterocycles. The first kappa shape index (κ1) is 13.5. The van der Waals surface area contributed by atoms with Crippen LogP contribution in [0.25, 0.3) is 75.4 Å². The van der Waals surface area contributed by atoms with Gasteiger partial charge in [-0.25, -0.2) is 0 Å². The Labute approximate surface area is 160 Å². The minimum atomic E-state index is 1.31. The zero-order valence-corrected chi connectivity index (χ0v) is 15.1. The first-order valence-corrected chi connectivity index (χ1v) is 9.88. The van der Waals surface area contributed by atoms with Gasteiger partial charge in [0.15, 0.2) is 0 Å². The minimum Gasteiger partial charge on any atom is -0.0616 e. The lowest BCUT2D eigenvalue weighted by Gasteiger charge is -2.13. The van der Waals surface area contributed by atoms with E-state index >= 15 is 0 Å². The average Bonchev–Trinajstić information content (AvgIpc) is 3.12. The van der Waals surface area contributed by atoms with Crippen molar-refractivity contribution in [2.45, 2.75) is 0 Å². The molecular formula is C28H14. The molecule has 0 saturated heterocycles. The second kappa shape index (κ2) is 4.26. The van der Waals surface area contributed by atoms with Crippen LogP contribution in [0.2, 0.25) is 0 Å². The van der Waals surface area contributed by atoms with E-state index in [1.54, 1.807) is 0 Å². The fourth-order valence-electron chi connectivity index (χ4n) is 5.79. The second-order valence-corrected chi connectivity index (χ2v) is 8.11. The van der Waals surface area contributed by atoms with Gasteiger partial charge in [0.05, 0.1) is 0 Å². The Hall–Kier alpha value is -3.64. The maximum absolute atomic E-state index is 2.35. The third kappa shape index (κ3) is 1.31. The zero-order chi connectivity index (χ0) is 18.0. The molecule has 8 aromatic carbocycles. The van der Waals surface area contributed by atoms with Crippen LogP contribution in [0.4, 0.5) is 0 Å². The highest BCUT2D eigenvalue weighted by Crippen LogP contribution is 2.51. The van der Waals surface area contributed by atoms with Crippen molar-refractivity contribution in [2.75, 3.05) is 0 Å². The van der Waals surface area contributed by atoms with Gasteiger partial charge in [0.25, 0.3) is 0 Å². The summed E-state index contributed by atoms with van der Waals surface area (Å²) in [5, 5.41) is 19.5. The van der Waals surface area contributed by atoms with Crippen molar-refractivity contribution < 1.29 is 0 Å². The maximum Gasteiger partial charge on any atom is -0.000719 e. The van der Waals surface area contributed by atoms with Crippen LogP contribution in [0.15, 0.2) is 84.9 Å². The van der Waals surface area contributed by atoms with Gasteiger partial charge in [-0.1, -0.05) is 84.9 Å². The molecular weight excluding hydrogens is 336 g/mol. The highest BCUT2D eigenvalue weighted by atomic mass is 14.2. The van der Waals surface area contributed by atoms with E-state index in [-0.39, 0.29) is 0 Å². The predicted molar refractivity (Wildman–Crippen MR) is 123 cm³/mol. The van der Waals surface area contributed by atoms with Crippen molar-refractivity contribution in [2.24, 2.45) is 0 Å². The molecule has 0 atom stereocenters. The van der Waals surface area contributed by atoms with Crippen LogP contribution in [0.3, 0.4) is 0 Å². The fourth-order valence-corrected chi connectivity index (χ4v) is 5.79. The van der Waals surface area contributed by atoms with E-state index in [9.17, 15) is 0 Å². The van der Waals surface area contributed by atoms with Crippen molar-refractivity contribution in [3.05, 3.63) is 84.9 Å². The summed E-state index contributed by atoms with van der Waals surface area (Å²) in [4.78, 5) is 0. The van der Waals surface area contributed by atoms with Gasteiger partial charge in [-0.2, -0.15) is 0 Å². The van der Waals surface area contributed by atoms with E-state index in [0.717, 1.165) is 0 Å². The van der Waals surface area contributed by atoms with Gasteiger partial charge in [-0.05, 0) is 75.4 Å². The van der Waals surface area contributed by atoms with Gasteiger partial charge in [0.1, 0.15) is 0 Å². The molecule has 0 aromatic heterocycles. The molecule has 0 N–H and O–H groups in total. The number of fused-ring (bicyclic) bond motifs is 5. The lowest BCUT2D eigenvalue weighted by atomic mass is 9.90. The summed E-state index contributed by atoms with van der Waals surface area (Å²) in [6.45, 7) is 0. The Morgan fingerprint density at radius 1 is 0.250 bits per heavy atom. The molecule has 0 saturated carbocycles. The molecule has 0 radical (unpaired) electrons. The van der Waals surface area contributed by atoms with E-state index in [4.69, 9.17) is 0 Å². The van der Waals surface area contributed by atoms with Crippen LogP contribution < -0.4 is 0 Å². The molecule has 0 heteroatoms. The summed E-state index contributed by atoms with van der Waals surface area (Å²) in [5.74, 6) is 0. The fraction of sp³-hybridized carbons (Fsp3) is 0. The third-order valence-electron chi connectivity index (χ3n) is 6.89. The summed E-state index contributed by atoms with van der Waals surface area (Å²) < 4.78 is 0. The van der Waals surface area contributed by atoms with Crippen LogP contribution in [0, 0.1) is 0 Å². The molecule has 126 valence electrons. The molecule has 0 nitrogen and oxygen atoms in total. The number of hydrogen-bond acceptors (Lipinski definition) is 0. The number of hydrogen-bond donors (Lipinski definition) is 0. The topological polar surface area (TPSA) is 0 Å². The van der Waals surface area contributed by atoms with E-state index in [1.807, 2.05) is 0 Å². The van der Waals surface area contributed by atoms with E-state index < -0.39 is 0 Å². The molecule has 0 fully saturated rings. The van der Waals surface area contributed by atoms with Gasteiger partial charge in [-0.15, -0.1) is 0 Å². The van der Waals surface area contributed by atoms with Gasteiger partial charge in [-0.3, -0.25) is 0 Å². The quantitative estimate of drug-likeness (QED) is 0.243. The van der Waals surface area contributed by atoms with E-state index in [1.165, 1.54) is 75.4 Å². The van der Waals surface area contributed by atoms with Crippen LogP contribution in [0.5, 0.6) is 0 Å². The van der Waals surface area contributed by atoms with Crippen molar-refractivity contribution in [3.8, 4) is 0 Å². The molecule has 0 spiro atoms. The molecule has 0 aliphatic heterocycles. The Kier molecular flexibility index (Phi) is 2.06. The maximum atomic E-state index is 2.35. The van der Waals surface area contributed by atoms with Crippen LogP contribution in [0.1, 0.15) is 0 Å². The molecule has 0 unspecified atom stereocenters. The summed E-state index contributed by atoms with van der Waals surface area (Å²) in [6.07, 6.45) is 0. The summed E-state index contributed by atoms with van der Waals surface area (Å²) in [5.41, 5.74) is 0. The summed E-state index contributed by atoms with van der Waals surface area (Å²) >= 11 is 0. The van der Waals surface area contributed by atoms with Crippen molar-refractivity contribution >= 4 is 75.4 Å². The Morgan fingerprint density at radius 3 is 1.43 bits per heavy atom. The largest absolute Gasteiger partial charge is 0.0616 e. The van der Waals surface area contributed by atoms with Crippen LogP contribution in [-0.4, -0.2) is 0 Å².